The van der Waals surface area contributed by atoms with Crippen molar-refractivity contribution in [2.45, 2.75) is 30.0 Å². The van der Waals surface area contributed by atoms with Crippen LogP contribution < -0.4 is 5.69 Å². The average Bonchev–Trinajstić information content (AvgIpc) is 2.91. The van der Waals surface area contributed by atoms with E-state index in [0.29, 0.717) is 4.57 Å². The van der Waals surface area contributed by atoms with Gasteiger partial charge in [0, 0.05) is 20.1 Å². The van der Waals surface area contributed by atoms with Gasteiger partial charge in [0.15, 0.2) is 0 Å². The van der Waals surface area contributed by atoms with Gasteiger partial charge in [-0.2, -0.15) is 17.5 Å². The van der Waals surface area contributed by atoms with E-state index in [4.69, 9.17) is 0 Å². The molecular weight excluding hydrogens is 392 g/mol. The Morgan fingerprint density at radius 2 is 1.74 bits per heavy atom. The third kappa shape index (κ3) is 3.50. The number of hydrogen-bond donors (Lipinski definition) is 0. The van der Waals surface area contributed by atoms with E-state index in [9.17, 15) is 30.8 Å². The van der Waals surface area contributed by atoms with Crippen LogP contribution in [0.5, 0.6) is 0 Å². The molecule has 0 amide bonds. The second kappa shape index (κ2) is 6.75. The van der Waals surface area contributed by atoms with Gasteiger partial charge in [0.2, 0.25) is 15.8 Å². The number of benzene rings is 1. The summed E-state index contributed by atoms with van der Waals surface area (Å²) in [5, 5.41) is 3.38. The van der Waals surface area contributed by atoms with Gasteiger partial charge in [-0.3, -0.25) is 4.57 Å². The Kier molecular flexibility index (Phi) is 4.89. The fraction of sp³-hybridized carbons (Fsp3) is 0.467. The molecule has 0 atom stereocenters. The van der Waals surface area contributed by atoms with E-state index in [-0.39, 0.29) is 25.9 Å². The molecule has 7 nitrogen and oxygen atoms in total. The van der Waals surface area contributed by atoms with Crippen molar-refractivity contribution in [2.24, 2.45) is 7.05 Å². The molecule has 1 aliphatic rings. The van der Waals surface area contributed by atoms with Crippen LogP contribution in [-0.4, -0.2) is 40.2 Å². The molecule has 1 aromatic carbocycles. The Hall–Kier alpha value is -2.21. The average molecular weight is 408 g/mol. The normalized spacial score (nSPS) is 17.4. The van der Waals surface area contributed by atoms with Crippen LogP contribution in [0.4, 0.5) is 17.6 Å². The Bertz CT molecular complexity index is 1000. The highest BCUT2D eigenvalue weighted by Gasteiger charge is 2.39. The summed E-state index contributed by atoms with van der Waals surface area (Å²) in [7, 11) is -3.09. The van der Waals surface area contributed by atoms with Crippen molar-refractivity contribution in [3.8, 4) is 0 Å². The summed E-state index contributed by atoms with van der Waals surface area (Å²) in [6, 6.07) is 4.27. The number of hydrogen-bond acceptors (Lipinski definition) is 4. The molecule has 0 N–H and O–H groups in total. The summed E-state index contributed by atoms with van der Waals surface area (Å²) < 4.78 is 79.8. The number of sulfonamides is 1. The molecule has 27 heavy (non-hydrogen) atoms. The van der Waals surface area contributed by atoms with Crippen molar-refractivity contribution in [1.29, 1.82) is 0 Å². The zero-order chi connectivity index (χ0) is 20.0. The summed E-state index contributed by atoms with van der Waals surface area (Å²) in [6.45, 7) is -0.128. The minimum Gasteiger partial charge on any atom is -0.274 e. The van der Waals surface area contributed by atoms with Crippen molar-refractivity contribution in [2.75, 3.05) is 13.1 Å². The van der Waals surface area contributed by atoms with Gasteiger partial charge in [-0.25, -0.2) is 22.3 Å². The molecule has 2 aromatic rings. The van der Waals surface area contributed by atoms with Gasteiger partial charge in [-0.1, -0.05) is 12.1 Å². The molecule has 1 aliphatic heterocycles. The molecule has 148 valence electrons. The fourth-order valence-electron chi connectivity index (χ4n) is 3.06. The third-order valence-corrected chi connectivity index (χ3v) is 6.41. The number of aromatic nitrogens is 3. The van der Waals surface area contributed by atoms with E-state index < -0.39 is 44.5 Å². The van der Waals surface area contributed by atoms with E-state index in [1.54, 1.807) is 0 Å². The zero-order valence-electron chi connectivity index (χ0n) is 14.1. The third-order valence-electron chi connectivity index (χ3n) is 4.48. The number of rotatable bonds is 3. The maximum absolute atomic E-state index is 13.8. The molecule has 0 radical (unpaired) electrons. The van der Waals surface area contributed by atoms with E-state index in [1.807, 2.05) is 0 Å². The van der Waals surface area contributed by atoms with Gasteiger partial charge in [0.1, 0.15) is 10.7 Å². The standard InChI is InChI=1S/C15H16F4N4O3S/c1-21-13(15(17,18)19)20-23(14(21)24)10-6-8-22(9-7-10)27(25,26)12-5-3-2-4-11(12)16/h2-5,10H,6-9H2,1H3. The molecule has 12 heteroatoms. The van der Waals surface area contributed by atoms with Crippen LogP contribution in [0.25, 0.3) is 0 Å². The first-order valence-corrected chi connectivity index (χ1v) is 9.45. The number of halogens is 4. The van der Waals surface area contributed by atoms with Crippen LogP contribution in [0.15, 0.2) is 34.0 Å². The second-order valence-corrected chi connectivity index (χ2v) is 8.08. The maximum Gasteiger partial charge on any atom is 0.451 e. The second-order valence-electron chi connectivity index (χ2n) is 6.17. The highest BCUT2D eigenvalue weighted by atomic mass is 32.2. The van der Waals surface area contributed by atoms with Crippen LogP contribution in [0.2, 0.25) is 0 Å². The van der Waals surface area contributed by atoms with Gasteiger partial charge >= 0.3 is 11.9 Å². The summed E-state index contributed by atoms with van der Waals surface area (Å²) in [5.74, 6) is -2.19. The molecule has 0 spiro atoms. The van der Waals surface area contributed by atoms with Gasteiger partial charge in [0.05, 0.1) is 6.04 Å². The van der Waals surface area contributed by atoms with E-state index in [1.165, 1.54) is 12.1 Å². The summed E-state index contributed by atoms with van der Waals surface area (Å²) in [5.41, 5.74) is -0.919. The largest absolute Gasteiger partial charge is 0.451 e. The molecular formula is C15H16F4N4O3S. The van der Waals surface area contributed by atoms with Gasteiger partial charge in [-0.05, 0) is 25.0 Å². The van der Waals surface area contributed by atoms with Crippen molar-refractivity contribution in [3.63, 3.8) is 0 Å². The molecule has 3 rings (SSSR count). The Labute approximate surface area is 151 Å². The predicted molar refractivity (Wildman–Crippen MR) is 85.9 cm³/mol. The minimum atomic E-state index is -4.77. The Morgan fingerprint density at radius 1 is 1.15 bits per heavy atom. The highest BCUT2D eigenvalue weighted by Crippen LogP contribution is 2.29. The fourth-order valence-corrected chi connectivity index (χ4v) is 4.60. The SMILES string of the molecule is Cn1c(C(F)(F)F)nn(C2CCN(S(=O)(=O)c3ccccc3F)CC2)c1=O. The van der Waals surface area contributed by atoms with Crippen LogP contribution in [-0.2, 0) is 23.2 Å². The number of nitrogens with zero attached hydrogens (tertiary/aromatic N) is 4. The van der Waals surface area contributed by atoms with Crippen molar-refractivity contribution < 1.29 is 26.0 Å². The Balaban J connectivity index is 1.81. The maximum atomic E-state index is 13.8. The predicted octanol–water partition coefficient (Wildman–Crippen LogP) is 1.77. The highest BCUT2D eigenvalue weighted by molar-refractivity contribution is 7.89. The summed E-state index contributed by atoms with van der Waals surface area (Å²) in [4.78, 5) is 11.6. The monoisotopic (exact) mass is 408 g/mol. The van der Waals surface area contributed by atoms with E-state index in [2.05, 4.69) is 5.10 Å². The van der Waals surface area contributed by atoms with Crippen LogP contribution in [0, 0.1) is 5.82 Å². The van der Waals surface area contributed by atoms with Crippen LogP contribution >= 0.6 is 0 Å². The lowest BCUT2D eigenvalue weighted by Gasteiger charge is -2.30. The van der Waals surface area contributed by atoms with Crippen molar-refractivity contribution in [1.82, 2.24) is 18.7 Å². The van der Waals surface area contributed by atoms with Crippen molar-refractivity contribution >= 4 is 10.0 Å². The van der Waals surface area contributed by atoms with E-state index >= 15 is 0 Å². The number of piperidine rings is 1. The van der Waals surface area contributed by atoms with E-state index in [0.717, 1.165) is 28.2 Å². The molecule has 1 aromatic heterocycles. The van der Waals surface area contributed by atoms with Gasteiger partial charge < -0.3 is 0 Å². The molecule has 1 fully saturated rings. The first-order chi connectivity index (χ1) is 12.5. The first kappa shape index (κ1) is 19.5. The molecule has 0 bridgehead atoms. The summed E-state index contributed by atoms with van der Waals surface area (Å²) in [6.07, 6.45) is -4.60. The molecule has 0 unspecified atom stereocenters. The van der Waals surface area contributed by atoms with Crippen molar-refractivity contribution in [3.05, 3.63) is 46.4 Å². The molecule has 0 aliphatic carbocycles. The first-order valence-electron chi connectivity index (χ1n) is 8.01. The lowest BCUT2D eigenvalue weighted by atomic mass is 10.1. The molecule has 1 saturated heterocycles. The summed E-state index contributed by atoms with van der Waals surface area (Å²) >= 11 is 0. The van der Waals surface area contributed by atoms with Crippen LogP contribution in [0.3, 0.4) is 0 Å². The number of alkyl halides is 3. The zero-order valence-corrected chi connectivity index (χ0v) is 15.0. The lowest BCUT2D eigenvalue weighted by Crippen LogP contribution is -2.41. The molecule has 2 heterocycles. The Morgan fingerprint density at radius 3 is 2.26 bits per heavy atom. The molecule has 0 saturated carbocycles. The lowest BCUT2D eigenvalue weighted by molar-refractivity contribution is -0.147. The minimum absolute atomic E-state index is 0.0638. The topological polar surface area (TPSA) is 77.2 Å². The quantitative estimate of drug-likeness (QED) is 0.726. The van der Waals surface area contributed by atoms with Gasteiger partial charge in [0.25, 0.3) is 0 Å². The van der Waals surface area contributed by atoms with Gasteiger partial charge in [-0.15, -0.1) is 5.10 Å². The smallest absolute Gasteiger partial charge is 0.274 e. The van der Waals surface area contributed by atoms with Crippen LogP contribution in [0.1, 0.15) is 24.7 Å².